The molecule has 6 heteroatoms. The predicted octanol–water partition coefficient (Wildman–Crippen LogP) is 0.948. The molecule has 0 spiro atoms. The first-order valence-electron chi connectivity index (χ1n) is 3.34. The Morgan fingerprint density at radius 3 is 2.69 bits per heavy atom. The SMILES string of the molecule is Nc1c(Cl)cc2c(c1Cl)=NC(=O)N=2. The summed E-state index contributed by atoms with van der Waals surface area (Å²) in [5.41, 5.74) is 5.74. The molecule has 1 aliphatic heterocycles. The number of hydrogen-bond acceptors (Lipinski definition) is 2. The molecule has 0 saturated heterocycles. The molecule has 0 bridgehead atoms. The molecule has 1 heterocycles. The second-order valence-corrected chi connectivity index (χ2v) is 3.25. The summed E-state index contributed by atoms with van der Waals surface area (Å²) < 4.78 is 0. The van der Waals surface area contributed by atoms with Crippen molar-refractivity contribution in [3.05, 3.63) is 26.8 Å². The highest BCUT2D eigenvalue weighted by atomic mass is 35.5. The summed E-state index contributed by atoms with van der Waals surface area (Å²) in [7, 11) is 0. The molecule has 0 atom stereocenters. The van der Waals surface area contributed by atoms with E-state index in [9.17, 15) is 4.79 Å². The molecule has 0 aromatic heterocycles. The summed E-state index contributed by atoms with van der Waals surface area (Å²) in [6.07, 6.45) is 0. The van der Waals surface area contributed by atoms with E-state index in [0.717, 1.165) is 0 Å². The van der Waals surface area contributed by atoms with Gasteiger partial charge in [0.1, 0.15) is 5.36 Å². The molecule has 2 amide bonds. The van der Waals surface area contributed by atoms with Crippen molar-refractivity contribution >= 4 is 34.9 Å². The number of benzene rings is 1. The summed E-state index contributed by atoms with van der Waals surface area (Å²) in [4.78, 5) is 18.0. The van der Waals surface area contributed by atoms with Crippen molar-refractivity contribution in [3.8, 4) is 0 Å². The molecule has 4 nitrogen and oxygen atoms in total. The number of urea groups is 1. The quantitative estimate of drug-likeness (QED) is 0.656. The van der Waals surface area contributed by atoms with Gasteiger partial charge in [0.25, 0.3) is 0 Å². The van der Waals surface area contributed by atoms with E-state index in [4.69, 9.17) is 28.9 Å². The Balaban J connectivity index is 2.98. The fourth-order valence-corrected chi connectivity index (χ4v) is 1.51. The van der Waals surface area contributed by atoms with Gasteiger partial charge in [0.2, 0.25) is 0 Å². The minimum atomic E-state index is -0.585. The number of nitrogen functional groups attached to an aromatic ring is 1. The van der Waals surface area contributed by atoms with Gasteiger partial charge in [-0.1, -0.05) is 23.2 Å². The summed E-state index contributed by atoms with van der Waals surface area (Å²) in [6, 6.07) is 0.880. The number of rotatable bonds is 0. The normalized spacial score (nSPS) is 13.5. The van der Waals surface area contributed by atoms with E-state index in [1.807, 2.05) is 0 Å². The second-order valence-electron chi connectivity index (χ2n) is 2.46. The Morgan fingerprint density at radius 2 is 2.00 bits per heavy atom. The van der Waals surface area contributed by atoms with Crippen molar-refractivity contribution in [2.75, 3.05) is 5.73 Å². The largest absolute Gasteiger partial charge is 0.396 e. The van der Waals surface area contributed by atoms with Crippen LogP contribution in [0.4, 0.5) is 10.5 Å². The molecule has 2 N–H and O–H groups in total. The van der Waals surface area contributed by atoms with Crippen molar-refractivity contribution in [1.82, 2.24) is 0 Å². The first-order valence-corrected chi connectivity index (χ1v) is 4.10. The number of nitrogens with zero attached hydrogens (tertiary/aromatic N) is 2. The molecule has 0 radical (unpaired) electrons. The molecule has 0 aliphatic carbocycles. The van der Waals surface area contributed by atoms with Gasteiger partial charge >= 0.3 is 6.03 Å². The maximum Gasteiger partial charge on any atom is 0.368 e. The van der Waals surface area contributed by atoms with Crippen molar-refractivity contribution < 1.29 is 4.79 Å². The van der Waals surface area contributed by atoms with Gasteiger partial charge in [0.05, 0.1) is 21.1 Å². The Morgan fingerprint density at radius 1 is 1.31 bits per heavy atom. The Hall–Kier alpha value is -1.13. The molecule has 0 fully saturated rings. The topological polar surface area (TPSA) is 67.8 Å². The number of halogens is 2. The summed E-state index contributed by atoms with van der Waals surface area (Å²) in [5.74, 6) is 0. The van der Waals surface area contributed by atoms with E-state index in [0.29, 0.717) is 10.7 Å². The van der Waals surface area contributed by atoms with Gasteiger partial charge in [0, 0.05) is 0 Å². The average Bonchev–Trinajstić information content (AvgIpc) is 2.42. The van der Waals surface area contributed by atoms with E-state index < -0.39 is 6.03 Å². The minimum absolute atomic E-state index is 0.178. The lowest BCUT2D eigenvalue weighted by Crippen LogP contribution is -2.24. The van der Waals surface area contributed by atoms with Crippen LogP contribution in [0.1, 0.15) is 0 Å². The lowest BCUT2D eigenvalue weighted by molar-refractivity contribution is 0.256. The van der Waals surface area contributed by atoms with Crippen molar-refractivity contribution in [2.24, 2.45) is 9.98 Å². The van der Waals surface area contributed by atoms with E-state index in [2.05, 4.69) is 9.98 Å². The number of carbonyl (C=O) groups is 1. The highest BCUT2D eigenvalue weighted by molar-refractivity contribution is 6.38. The van der Waals surface area contributed by atoms with Gasteiger partial charge in [-0.05, 0) is 6.07 Å². The standard InChI is InChI=1S/C7H3Cl2N3O/c8-2-1-3-6(4(9)5(2)10)12-7(13)11-3/h1H,10H2. The smallest absolute Gasteiger partial charge is 0.368 e. The third kappa shape index (κ3) is 1.18. The van der Waals surface area contributed by atoms with Crippen LogP contribution in [-0.2, 0) is 0 Å². The van der Waals surface area contributed by atoms with Crippen LogP contribution in [-0.4, -0.2) is 6.03 Å². The van der Waals surface area contributed by atoms with Gasteiger partial charge < -0.3 is 5.73 Å². The second kappa shape index (κ2) is 2.68. The first kappa shape index (κ1) is 8.47. The zero-order chi connectivity index (χ0) is 9.59. The Bertz CT molecular complexity index is 524. The highest BCUT2D eigenvalue weighted by Crippen LogP contribution is 2.21. The predicted molar refractivity (Wildman–Crippen MR) is 48.6 cm³/mol. The maximum atomic E-state index is 10.8. The number of anilines is 1. The van der Waals surface area contributed by atoms with Crippen LogP contribution in [0.2, 0.25) is 10.0 Å². The first-order chi connectivity index (χ1) is 6.09. The zero-order valence-corrected chi connectivity index (χ0v) is 7.73. The fourth-order valence-electron chi connectivity index (χ4n) is 1.03. The third-order valence-electron chi connectivity index (χ3n) is 1.63. The number of fused-ring (bicyclic) bond motifs is 1. The highest BCUT2D eigenvalue weighted by Gasteiger charge is 2.12. The summed E-state index contributed by atoms with van der Waals surface area (Å²) in [6.45, 7) is 0. The molecule has 0 unspecified atom stereocenters. The average molecular weight is 216 g/mol. The van der Waals surface area contributed by atoms with Crippen LogP contribution in [0.15, 0.2) is 16.1 Å². The van der Waals surface area contributed by atoms with Gasteiger partial charge in [-0.3, -0.25) is 0 Å². The van der Waals surface area contributed by atoms with E-state index >= 15 is 0 Å². The fraction of sp³-hybridized carbons (Fsp3) is 0. The molecule has 13 heavy (non-hydrogen) atoms. The lowest BCUT2D eigenvalue weighted by Gasteiger charge is -1.97. The van der Waals surface area contributed by atoms with Crippen LogP contribution in [0.5, 0.6) is 0 Å². The van der Waals surface area contributed by atoms with Gasteiger partial charge in [0.15, 0.2) is 0 Å². The van der Waals surface area contributed by atoms with Crippen LogP contribution >= 0.6 is 23.2 Å². The molecular weight excluding hydrogens is 213 g/mol. The molecular formula is C7H3Cl2N3O. The number of hydrogen-bond donors (Lipinski definition) is 1. The molecule has 66 valence electrons. The molecule has 2 rings (SSSR count). The van der Waals surface area contributed by atoms with Crippen LogP contribution in [0.3, 0.4) is 0 Å². The minimum Gasteiger partial charge on any atom is -0.396 e. The van der Waals surface area contributed by atoms with Gasteiger partial charge in [-0.25, -0.2) is 4.79 Å². The van der Waals surface area contributed by atoms with Crippen molar-refractivity contribution in [3.63, 3.8) is 0 Å². The zero-order valence-electron chi connectivity index (χ0n) is 6.21. The lowest BCUT2D eigenvalue weighted by atomic mass is 10.3. The number of nitrogens with two attached hydrogens (primary N) is 1. The van der Waals surface area contributed by atoms with Crippen LogP contribution < -0.4 is 16.4 Å². The molecule has 1 aliphatic rings. The summed E-state index contributed by atoms with van der Waals surface area (Å²) in [5, 5.41) is 1.12. The Kier molecular flexibility index (Phi) is 1.75. The third-order valence-corrected chi connectivity index (χ3v) is 2.33. The van der Waals surface area contributed by atoms with E-state index in [-0.39, 0.29) is 15.7 Å². The molecule has 1 aromatic carbocycles. The van der Waals surface area contributed by atoms with E-state index in [1.165, 1.54) is 6.07 Å². The van der Waals surface area contributed by atoms with Gasteiger partial charge in [-0.2, -0.15) is 9.98 Å². The van der Waals surface area contributed by atoms with Crippen molar-refractivity contribution in [2.45, 2.75) is 0 Å². The van der Waals surface area contributed by atoms with Gasteiger partial charge in [-0.15, -0.1) is 0 Å². The summed E-state index contributed by atoms with van der Waals surface area (Å²) >= 11 is 11.5. The number of amides is 2. The van der Waals surface area contributed by atoms with Crippen molar-refractivity contribution in [1.29, 1.82) is 0 Å². The van der Waals surface area contributed by atoms with E-state index in [1.54, 1.807) is 0 Å². The number of carbonyl (C=O) groups excluding carboxylic acids is 1. The Labute approximate surface area is 82.7 Å². The molecule has 1 aromatic rings. The van der Waals surface area contributed by atoms with Crippen LogP contribution in [0, 0.1) is 0 Å². The monoisotopic (exact) mass is 215 g/mol. The van der Waals surface area contributed by atoms with Crippen LogP contribution in [0.25, 0.3) is 0 Å². The maximum absolute atomic E-state index is 10.8. The molecule has 0 saturated carbocycles.